The molecular formula is C15H14N2O. The van der Waals surface area contributed by atoms with Crippen molar-refractivity contribution in [1.82, 2.24) is 9.88 Å². The van der Waals surface area contributed by atoms with Gasteiger partial charge < -0.3 is 9.88 Å². The van der Waals surface area contributed by atoms with E-state index >= 15 is 0 Å². The molecule has 3 nitrogen and oxygen atoms in total. The third-order valence-electron chi connectivity index (χ3n) is 3.25. The van der Waals surface area contributed by atoms with Gasteiger partial charge >= 0.3 is 0 Å². The second kappa shape index (κ2) is 4.18. The molecule has 0 aliphatic carbocycles. The molecular weight excluding hydrogens is 224 g/mol. The summed E-state index contributed by atoms with van der Waals surface area (Å²) in [4.78, 5) is 16.7. The maximum Gasteiger partial charge on any atom is 0.224 e. The Balaban J connectivity index is 2.11. The monoisotopic (exact) mass is 238 g/mol. The van der Waals surface area contributed by atoms with E-state index in [2.05, 4.69) is 11.1 Å². The number of amides is 1. The predicted molar refractivity (Wildman–Crippen MR) is 71.8 cm³/mol. The molecule has 2 heterocycles. The Morgan fingerprint density at radius 3 is 2.94 bits per heavy atom. The Bertz CT molecular complexity index is 651. The number of nitrogens with zero attached hydrogens (tertiary/aromatic N) is 1. The van der Waals surface area contributed by atoms with Crippen molar-refractivity contribution < 1.29 is 4.79 Å². The minimum absolute atomic E-state index is 0.0244. The number of benzene rings is 1. The zero-order valence-corrected chi connectivity index (χ0v) is 10.1. The van der Waals surface area contributed by atoms with Gasteiger partial charge in [-0.1, -0.05) is 30.4 Å². The van der Waals surface area contributed by atoms with Crippen LogP contribution in [0.4, 0.5) is 0 Å². The van der Waals surface area contributed by atoms with E-state index in [1.54, 1.807) is 11.8 Å². The van der Waals surface area contributed by atoms with Crippen molar-refractivity contribution in [3.63, 3.8) is 0 Å². The van der Waals surface area contributed by atoms with Crippen LogP contribution in [0.1, 0.15) is 18.5 Å². The molecule has 0 spiro atoms. The average Bonchev–Trinajstić information content (AvgIpc) is 2.82. The van der Waals surface area contributed by atoms with Gasteiger partial charge in [-0.25, -0.2) is 0 Å². The van der Waals surface area contributed by atoms with E-state index in [9.17, 15) is 4.79 Å². The van der Waals surface area contributed by atoms with E-state index in [0.717, 1.165) is 16.5 Å². The van der Waals surface area contributed by atoms with Gasteiger partial charge in [0.2, 0.25) is 5.91 Å². The quantitative estimate of drug-likeness (QED) is 0.814. The van der Waals surface area contributed by atoms with Crippen LogP contribution in [0.5, 0.6) is 0 Å². The van der Waals surface area contributed by atoms with E-state index in [0.29, 0.717) is 0 Å². The standard InChI is InChI=1S/C15H14N2O/c1-11(18)17-9-5-4-8-15(17)13-10-16-14-7-3-2-6-12(13)14/h2-10,15-16H,1H3. The molecule has 0 radical (unpaired) electrons. The molecule has 18 heavy (non-hydrogen) atoms. The predicted octanol–water partition coefficient (Wildman–Crippen LogP) is 3.14. The number of hydrogen-bond acceptors (Lipinski definition) is 1. The Kier molecular flexibility index (Phi) is 2.52. The van der Waals surface area contributed by atoms with Crippen LogP contribution in [0.25, 0.3) is 10.9 Å². The summed E-state index contributed by atoms with van der Waals surface area (Å²) in [6.07, 6.45) is 9.71. The van der Waals surface area contributed by atoms with Gasteiger partial charge in [0.25, 0.3) is 0 Å². The number of hydrogen-bond donors (Lipinski definition) is 1. The van der Waals surface area contributed by atoms with Gasteiger partial charge in [-0.05, 0) is 12.1 Å². The summed E-state index contributed by atoms with van der Waals surface area (Å²) in [5, 5.41) is 1.16. The molecule has 1 aromatic carbocycles. The highest BCUT2D eigenvalue weighted by Crippen LogP contribution is 2.31. The molecule has 1 atom stereocenters. The van der Waals surface area contributed by atoms with Crippen molar-refractivity contribution in [3.05, 3.63) is 60.5 Å². The van der Waals surface area contributed by atoms with E-state index < -0.39 is 0 Å². The lowest BCUT2D eigenvalue weighted by molar-refractivity contribution is -0.127. The van der Waals surface area contributed by atoms with Crippen molar-refractivity contribution in [2.45, 2.75) is 13.0 Å². The van der Waals surface area contributed by atoms with E-state index in [1.165, 1.54) is 0 Å². The third kappa shape index (κ3) is 1.64. The van der Waals surface area contributed by atoms with Gasteiger partial charge in [-0.3, -0.25) is 4.79 Å². The number of para-hydroxylation sites is 1. The first-order valence-corrected chi connectivity index (χ1v) is 5.97. The van der Waals surface area contributed by atoms with Crippen LogP contribution in [0.2, 0.25) is 0 Å². The lowest BCUT2D eigenvalue weighted by Crippen LogP contribution is -2.28. The molecule has 1 aliphatic heterocycles. The van der Waals surface area contributed by atoms with Crippen LogP contribution < -0.4 is 0 Å². The van der Waals surface area contributed by atoms with Gasteiger partial charge in [0, 0.05) is 35.8 Å². The van der Waals surface area contributed by atoms with Gasteiger partial charge in [0.15, 0.2) is 0 Å². The van der Waals surface area contributed by atoms with Crippen LogP contribution in [0.3, 0.4) is 0 Å². The Morgan fingerprint density at radius 2 is 2.11 bits per heavy atom. The number of H-pyrrole nitrogens is 1. The minimum atomic E-state index is -0.0244. The molecule has 1 amide bonds. The SMILES string of the molecule is CC(=O)N1C=CC=CC1c1c[nH]c2ccccc12. The van der Waals surface area contributed by atoms with Crippen molar-refractivity contribution in [2.75, 3.05) is 0 Å². The zero-order valence-electron chi connectivity index (χ0n) is 10.1. The summed E-state index contributed by atoms with van der Waals surface area (Å²) in [5.74, 6) is 0.0471. The molecule has 3 rings (SSSR count). The van der Waals surface area contributed by atoms with Gasteiger partial charge in [0.1, 0.15) is 0 Å². The molecule has 2 aromatic rings. The van der Waals surface area contributed by atoms with Gasteiger partial charge in [-0.2, -0.15) is 0 Å². The molecule has 0 saturated heterocycles. The van der Waals surface area contributed by atoms with Gasteiger partial charge in [-0.15, -0.1) is 0 Å². The summed E-state index contributed by atoms with van der Waals surface area (Å²) < 4.78 is 0. The lowest BCUT2D eigenvalue weighted by atomic mass is 10.0. The van der Waals surface area contributed by atoms with Crippen LogP contribution in [0, 0.1) is 0 Å². The number of carbonyl (C=O) groups excluding carboxylic acids is 1. The third-order valence-corrected chi connectivity index (χ3v) is 3.25. The molecule has 0 bridgehead atoms. The highest BCUT2D eigenvalue weighted by molar-refractivity contribution is 5.85. The van der Waals surface area contributed by atoms with E-state index in [4.69, 9.17) is 0 Å². The fourth-order valence-corrected chi connectivity index (χ4v) is 2.39. The normalized spacial score (nSPS) is 18.5. The first kappa shape index (κ1) is 10.8. The van der Waals surface area contributed by atoms with E-state index in [-0.39, 0.29) is 11.9 Å². The van der Waals surface area contributed by atoms with Crippen molar-refractivity contribution in [3.8, 4) is 0 Å². The van der Waals surface area contributed by atoms with Crippen LogP contribution in [-0.2, 0) is 4.79 Å². The summed E-state index contributed by atoms with van der Waals surface area (Å²) in [6.45, 7) is 1.59. The summed E-state index contributed by atoms with van der Waals surface area (Å²) in [5.41, 5.74) is 2.22. The number of rotatable bonds is 1. The summed E-state index contributed by atoms with van der Waals surface area (Å²) >= 11 is 0. The Labute approximate surface area is 105 Å². The first-order chi connectivity index (χ1) is 8.77. The van der Waals surface area contributed by atoms with E-state index in [1.807, 2.05) is 48.8 Å². The number of carbonyl (C=O) groups is 1. The smallest absolute Gasteiger partial charge is 0.224 e. The molecule has 90 valence electrons. The van der Waals surface area contributed by atoms with Crippen LogP contribution in [0.15, 0.2) is 54.9 Å². The Morgan fingerprint density at radius 1 is 1.28 bits per heavy atom. The molecule has 3 heteroatoms. The zero-order chi connectivity index (χ0) is 12.5. The Hall–Kier alpha value is -2.29. The molecule has 1 N–H and O–H groups in total. The summed E-state index contributed by atoms with van der Waals surface area (Å²) in [6, 6.07) is 8.11. The van der Waals surface area contributed by atoms with Crippen LogP contribution >= 0.6 is 0 Å². The highest BCUT2D eigenvalue weighted by atomic mass is 16.2. The van der Waals surface area contributed by atoms with Crippen molar-refractivity contribution in [1.29, 1.82) is 0 Å². The number of aromatic nitrogens is 1. The molecule has 1 unspecified atom stereocenters. The summed E-state index contributed by atoms with van der Waals surface area (Å²) in [7, 11) is 0. The maximum atomic E-state index is 11.7. The second-order valence-corrected chi connectivity index (χ2v) is 4.39. The molecule has 0 saturated carbocycles. The molecule has 1 aliphatic rings. The topological polar surface area (TPSA) is 36.1 Å². The second-order valence-electron chi connectivity index (χ2n) is 4.39. The fraction of sp³-hybridized carbons (Fsp3) is 0.133. The first-order valence-electron chi connectivity index (χ1n) is 5.97. The minimum Gasteiger partial charge on any atom is -0.361 e. The molecule has 1 aromatic heterocycles. The average molecular weight is 238 g/mol. The highest BCUT2D eigenvalue weighted by Gasteiger charge is 2.22. The number of allylic oxidation sites excluding steroid dienone is 2. The fourth-order valence-electron chi connectivity index (χ4n) is 2.39. The van der Waals surface area contributed by atoms with Gasteiger partial charge in [0.05, 0.1) is 6.04 Å². The van der Waals surface area contributed by atoms with Crippen molar-refractivity contribution >= 4 is 16.8 Å². The number of aromatic amines is 1. The molecule has 0 fully saturated rings. The van der Waals surface area contributed by atoms with Crippen molar-refractivity contribution in [2.24, 2.45) is 0 Å². The number of nitrogens with one attached hydrogen (secondary N) is 1. The number of fused-ring (bicyclic) bond motifs is 1. The largest absolute Gasteiger partial charge is 0.361 e. The lowest BCUT2D eigenvalue weighted by Gasteiger charge is -2.27. The maximum absolute atomic E-state index is 11.7. The van der Waals surface area contributed by atoms with Crippen LogP contribution in [-0.4, -0.2) is 15.8 Å².